The van der Waals surface area contributed by atoms with Gasteiger partial charge in [0.15, 0.2) is 0 Å². The van der Waals surface area contributed by atoms with Gasteiger partial charge in [0.2, 0.25) is 0 Å². The third-order valence-electron chi connectivity index (χ3n) is 3.69. The minimum atomic E-state index is -4.30. The van der Waals surface area contributed by atoms with Gasteiger partial charge < -0.3 is 0 Å². The molecule has 1 rings (SSSR count). The first-order chi connectivity index (χ1) is 5.09. The van der Waals surface area contributed by atoms with Gasteiger partial charge in [0.05, 0.1) is 5.75 Å². The lowest BCUT2D eigenvalue weighted by atomic mass is 10.0. The summed E-state index contributed by atoms with van der Waals surface area (Å²) in [5.41, 5.74) is -0.0989. The van der Waals surface area contributed by atoms with Crippen molar-refractivity contribution in [2.75, 3.05) is 5.75 Å². The van der Waals surface area contributed by atoms with Crippen molar-refractivity contribution in [3.63, 3.8) is 0 Å². The van der Waals surface area contributed by atoms with Crippen LogP contribution in [0.25, 0.3) is 0 Å². The summed E-state index contributed by atoms with van der Waals surface area (Å²) in [6, 6.07) is 0. The molecular weight excluding hydrogens is 179 g/mol. The molecule has 0 aromatic carbocycles. The van der Waals surface area contributed by atoms with Crippen molar-refractivity contribution in [2.24, 2.45) is 16.7 Å². The Bertz CT molecular complexity index is 276. The van der Waals surface area contributed by atoms with E-state index in [-0.39, 0.29) is 22.5 Å². The van der Waals surface area contributed by atoms with Gasteiger partial charge in [-0.3, -0.25) is 0 Å². The van der Waals surface area contributed by atoms with Crippen LogP contribution in [0.4, 0.5) is 3.89 Å². The van der Waals surface area contributed by atoms with Crippen LogP contribution in [0.1, 0.15) is 27.7 Å². The molecule has 0 saturated heterocycles. The molecular formula is C8H15FO2S. The van der Waals surface area contributed by atoms with E-state index in [2.05, 4.69) is 0 Å². The summed E-state index contributed by atoms with van der Waals surface area (Å²) in [7, 11) is -4.30. The monoisotopic (exact) mass is 194 g/mol. The summed E-state index contributed by atoms with van der Waals surface area (Å²) in [5.74, 6) is -0.368. The molecule has 0 aromatic rings. The van der Waals surface area contributed by atoms with Crippen LogP contribution < -0.4 is 0 Å². The number of hydrogen-bond acceptors (Lipinski definition) is 2. The lowest BCUT2D eigenvalue weighted by molar-refractivity contribution is 0.457. The van der Waals surface area contributed by atoms with Crippen LogP contribution in [0.15, 0.2) is 0 Å². The molecule has 1 saturated carbocycles. The van der Waals surface area contributed by atoms with Gasteiger partial charge in [-0.1, -0.05) is 27.7 Å². The Balaban J connectivity index is 2.74. The van der Waals surface area contributed by atoms with E-state index in [0.717, 1.165) is 0 Å². The first kappa shape index (κ1) is 9.96. The second-order valence-electron chi connectivity index (χ2n) is 4.70. The molecule has 0 bridgehead atoms. The molecule has 0 atom stereocenters. The van der Waals surface area contributed by atoms with Crippen LogP contribution in [-0.2, 0) is 10.2 Å². The van der Waals surface area contributed by atoms with Gasteiger partial charge in [0.25, 0.3) is 0 Å². The van der Waals surface area contributed by atoms with Gasteiger partial charge in [0, 0.05) is 0 Å². The Hall–Kier alpha value is -0.120. The standard InChI is InChI=1S/C8H15FO2S/c1-7(2)6(8(7,3)4)5-12(9,10)11/h6H,5H2,1-4H3. The summed E-state index contributed by atoms with van der Waals surface area (Å²) in [6.45, 7) is 7.90. The van der Waals surface area contributed by atoms with Crippen molar-refractivity contribution in [1.29, 1.82) is 0 Å². The molecule has 1 aliphatic carbocycles. The summed E-state index contributed by atoms with van der Waals surface area (Å²) in [6.07, 6.45) is 0. The Morgan fingerprint density at radius 1 is 1.17 bits per heavy atom. The Labute approximate surface area is 73.4 Å². The van der Waals surface area contributed by atoms with Gasteiger partial charge in [0.1, 0.15) is 0 Å². The van der Waals surface area contributed by atoms with Crippen LogP contribution in [0.3, 0.4) is 0 Å². The number of rotatable bonds is 2. The predicted molar refractivity (Wildman–Crippen MR) is 45.9 cm³/mol. The summed E-state index contributed by atoms with van der Waals surface area (Å²) in [5, 5.41) is 0. The molecule has 0 amide bonds. The van der Waals surface area contributed by atoms with Gasteiger partial charge in [-0.05, 0) is 16.7 Å². The average molecular weight is 194 g/mol. The fourth-order valence-electron chi connectivity index (χ4n) is 1.95. The van der Waals surface area contributed by atoms with E-state index in [1.54, 1.807) is 0 Å². The summed E-state index contributed by atoms with van der Waals surface area (Å²) < 4.78 is 33.1. The lowest BCUT2D eigenvalue weighted by Gasteiger charge is -2.04. The first-order valence-corrected chi connectivity index (χ1v) is 5.56. The van der Waals surface area contributed by atoms with Crippen molar-refractivity contribution in [2.45, 2.75) is 27.7 Å². The summed E-state index contributed by atoms with van der Waals surface area (Å²) in [4.78, 5) is 0. The molecule has 0 aromatic heterocycles. The molecule has 1 fully saturated rings. The molecule has 2 nitrogen and oxygen atoms in total. The minimum absolute atomic E-state index is 0.0417. The molecule has 0 aliphatic heterocycles. The van der Waals surface area contributed by atoms with Crippen LogP contribution in [0.5, 0.6) is 0 Å². The largest absolute Gasteiger partial charge is 0.302 e. The second-order valence-corrected chi connectivity index (χ2v) is 6.11. The Morgan fingerprint density at radius 3 is 1.58 bits per heavy atom. The van der Waals surface area contributed by atoms with Crippen molar-refractivity contribution in [1.82, 2.24) is 0 Å². The third-order valence-corrected chi connectivity index (χ3v) is 4.42. The molecule has 0 N–H and O–H groups in total. The second kappa shape index (κ2) is 2.22. The van der Waals surface area contributed by atoms with Gasteiger partial charge >= 0.3 is 10.2 Å². The molecule has 0 unspecified atom stereocenters. The highest BCUT2D eigenvalue weighted by atomic mass is 32.3. The van der Waals surface area contributed by atoms with E-state index >= 15 is 0 Å². The van der Waals surface area contributed by atoms with E-state index in [4.69, 9.17) is 0 Å². The highest BCUT2D eigenvalue weighted by molar-refractivity contribution is 7.86. The SMILES string of the molecule is CC1(C)C(CS(=O)(=O)F)C1(C)C. The zero-order valence-electron chi connectivity index (χ0n) is 7.89. The smallest absolute Gasteiger partial charge is 0.195 e. The van der Waals surface area contributed by atoms with Crippen molar-refractivity contribution >= 4 is 10.2 Å². The topological polar surface area (TPSA) is 34.1 Å². The normalized spacial score (nSPS) is 27.1. The maximum absolute atomic E-state index is 12.3. The van der Waals surface area contributed by atoms with E-state index < -0.39 is 10.2 Å². The van der Waals surface area contributed by atoms with Crippen LogP contribution in [0, 0.1) is 16.7 Å². The van der Waals surface area contributed by atoms with Crippen molar-refractivity contribution < 1.29 is 12.3 Å². The van der Waals surface area contributed by atoms with E-state index in [1.807, 2.05) is 27.7 Å². The molecule has 72 valence electrons. The van der Waals surface area contributed by atoms with Crippen LogP contribution >= 0.6 is 0 Å². The molecule has 0 radical (unpaired) electrons. The fraction of sp³-hybridized carbons (Fsp3) is 1.00. The zero-order valence-corrected chi connectivity index (χ0v) is 8.70. The fourth-order valence-corrected chi connectivity index (χ4v) is 3.18. The molecule has 0 heterocycles. The zero-order chi connectivity index (χ0) is 9.78. The van der Waals surface area contributed by atoms with Crippen LogP contribution in [-0.4, -0.2) is 14.2 Å². The Kier molecular flexibility index (Phi) is 1.84. The molecule has 4 heteroatoms. The van der Waals surface area contributed by atoms with E-state index in [9.17, 15) is 12.3 Å². The highest BCUT2D eigenvalue weighted by Crippen LogP contribution is 2.68. The quantitative estimate of drug-likeness (QED) is 0.630. The number of hydrogen-bond donors (Lipinski definition) is 0. The van der Waals surface area contributed by atoms with E-state index in [1.165, 1.54) is 0 Å². The van der Waals surface area contributed by atoms with E-state index in [0.29, 0.717) is 0 Å². The van der Waals surface area contributed by atoms with Gasteiger partial charge in [-0.2, -0.15) is 8.42 Å². The van der Waals surface area contributed by atoms with Gasteiger partial charge in [-0.25, -0.2) is 0 Å². The molecule has 12 heavy (non-hydrogen) atoms. The third kappa shape index (κ3) is 1.37. The summed E-state index contributed by atoms with van der Waals surface area (Å²) >= 11 is 0. The Morgan fingerprint density at radius 2 is 1.50 bits per heavy atom. The molecule has 1 aliphatic rings. The van der Waals surface area contributed by atoms with Crippen molar-refractivity contribution in [3.8, 4) is 0 Å². The highest BCUT2D eigenvalue weighted by Gasteiger charge is 2.65. The molecule has 0 spiro atoms. The lowest BCUT2D eigenvalue weighted by Crippen LogP contribution is -2.05. The minimum Gasteiger partial charge on any atom is -0.195 e. The van der Waals surface area contributed by atoms with Gasteiger partial charge in [-0.15, -0.1) is 3.89 Å². The maximum Gasteiger partial charge on any atom is 0.302 e. The predicted octanol–water partition coefficient (Wildman–Crippen LogP) is 1.97. The van der Waals surface area contributed by atoms with Crippen LogP contribution in [0.2, 0.25) is 0 Å². The maximum atomic E-state index is 12.3. The average Bonchev–Trinajstić information content (AvgIpc) is 2.09. The number of halogens is 1. The van der Waals surface area contributed by atoms with Crippen molar-refractivity contribution in [3.05, 3.63) is 0 Å². The first-order valence-electron chi connectivity index (χ1n) is 4.01.